The molecule has 0 saturated carbocycles. The molecule has 2 aromatic carbocycles. The Hall–Kier alpha value is -2.31. The zero-order valence-corrected chi connectivity index (χ0v) is 17.5. The van der Waals surface area contributed by atoms with Crippen LogP contribution < -0.4 is 0 Å². The number of ketones is 1. The minimum Gasteiger partial charge on any atom is -0.296 e. The number of hydrogen-bond donors (Lipinski definition) is 0. The number of halogens is 1. The van der Waals surface area contributed by atoms with E-state index in [0.29, 0.717) is 22.9 Å². The molecule has 1 aliphatic rings. The number of hydrogen-bond acceptors (Lipinski definition) is 6. The summed E-state index contributed by atoms with van der Waals surface area (Å²) in [5.74, 6) is -1.53. The normalized spacial score (nSPS) is 18.6. The van der Waals surface area contributed by atoms with Crippen molar-refractivity contribution in [2.24, 2.45) is 0 Å². The molecule has 0 aliphatic carbocycles. The van der Waals surface area contributed by atoms with Crippen LogP contribution in [0.15, 0.2) is 53.4 Å². The van der Waals surface area contributed by atoms with E-state index in [1.54, 1.807) is 0 Å². The number of nitrogens with zero attached hydrogens (tertiary/aromatic N) is 3. The summed E-state index contributed by atoms with van der Waals surface area (Å²) in [6.45, 7) is 0.235. The SMILES string of the molecule is N#C[C@@H](C(=O)[C@@H]1CCCN1S(=O)(=O)c1ccc(Cl)cc1)c1nc2ccccc2s1. The highest BCUT2D eigenvalue weighted by Gasteiger charge is 2.42. The number of benzene rings is 2. The predicted octanol–water partition coefficient (Wildman–Crippen LogP) is 3.98. The number of carbonyl (C=O) groups is 1. The summed E-state index contributed by atoms with van der Waals surface area (Å²) in [5.41, 5.74) is 0.720. The van der Waals surface area contributed by atoms with Crippen LogP contribution >= 0.6 is 22.9 Å². The molecule has 0 N–H and O–H groups in total. The van der Waals surface area contributed by atoms with Crippen molar-refractivity contribution in [2.75, 3.05) is 6.54 Å². The van der Waals surface area contributed by atoms with Gasteiger partial charge in [-0.05, 0) is 49.2 Å². The molecule has 1 fully saturated rings. The Balaban J connectivity index is 1.66. The molecule has 0 amide bonds. The van der Waals surface area contributed by atoms with Gasteiger partial charge in [-0.3, -0.25) is 4.79 Å². The van der Waals surface area contributed by atoms with Crippen LogP contribution in [0.4, 0.5) is 0 Å². The van der Waals surface area contributed by atoms with E-state index in [-0.39, 0.29) is 11.4 Å². The average molecular weight is 446 g/mol. The van der Waals surface area contributed by atoms with Gasteiger partial charge in [0.25, 0.3) is 0 Å². The molecule has 2 atom stereocenters. The Morgan fingerprint density at radius 2 is 1.97 bits per heavy atom. The van der Waals surface area contributed by atoms with Crippen molar-refractivity contribution in [3.8, 4) is 6.07 Å². The number of Topliss-reactive ketones (excluding diaryl/α,β-unsaturated/α-hetero) is 1. The van der Waals surface area contributed by atoms with Gasteiger partial charge < -0.3 is 0 Å². The smallest absolute Gasteiger partial charge is 0.243 e. The number of para-hydroxylation sites is 1. The number of aromatic nitrogens is 1. The highest BCUT2D eigenvalue weighted by molar-refractivity contribution is 7.89. The topological polar surface area (TPSA) is 91.1 Å². The Morgan fingerprint density at radius 3 is 2.66 bits per heavy atom. The van der Waals surface area contributed by atoms with E-state index in [9.17, 15) is 18.5 Å². The van der Waals surface area contributed by atoms with Crippen LogP contribution in [0, 0.1) is 11.3 Å². The van der Waals surface area contributed by atoms with Gasteiger partial charge in [0.15, 0.2) is 11.7 Å². The van der Waals surface area contributed by atoms with E-state index < -0.39 is 27.8 Å². The van der Waals surface area contributed by atoms with Crippen LogP contribution in [-0.2, 0) is 14.8 Å². The third-order valence-corrected chi connectivity index (χ3v) is 8.20. The number of sulfonamides is 1. The van der Waals surface area contributed by atoms with Gasteiger partial charge in [-0.1, -0.05) is 23.7 Å². The van der Waals surface area contributed by atoms with Gasteiger partial charge in [-0.15, -0.1) is 11.3 Å². The van der Waals surface area contributed by atoms with Crippen molar-refractivity contribution in [2.45, 2.75) is 29.7 Å². The molecule has 1 aliphatic heterocycles. The van der Waals surface area contributed by atoms with E-state index in [4.69, 9.17) is 11.6 Å². The van der Waals surface area contributed by atoms with Crippen LogP contribution in [0.5, 0.6) is 0 Å². The lowest BCUT2D eigenvalue weighted by molar-refractivity contribution is -0.122. The third kappa shape index (κ3) is 3.67. The first-order valence-corrected chi connectivity index (χ1v) is 11.6. The fourth-order valence-corrected chi connectivity index (χ4v) is 6.31. The van der Waals surface area contributed by atoms with Crippen LogP contribution in [0.1, 0.15) is 23.8 Å². The van der Waals surface area contributed by atoms with Gasteiger partial charge >= 0.3 is 0 Å². The van der Waals surface area contributed by atoms with Gasteiger partial charge in [0.1, 0.15) is 5.01 Å². The molecule has 9 heteroatoms. The first-order chi connectivity index (χ1) is 13.9. The van der Waals surface area contributed by atoms with E-state index >= 15 is 0 Å². The molecule has 0 bridgehead atoms. The fourth-order valence-electron chi connectivity index (χ4n) is 3.50. The number of nitriles is 1. The molecular weight excluding hydrogens is 430 g/mol. The second-order valence-corrected chi connectivity index (χ2v) is 10.1. The maximum atomic E-state index is 13.2. The Kier molecular flexibility index (Phi) is 5.40. The lowest BCUT2D eigenvalue weighted by atomic mass is 9.99. The molecule has 4 rings (SSSR count). The van der Waals surface area contributed by atoms with Crippen LogP contribution in [0.25, 0.3) is 10.2 Å². The maximum Gasteiger partial charge on any atom is 0.243 e. The van der Waals surface area contributed by atoms with Gasteiger partial charge in [0, 0.05) is 11.6 Å². The Labute approximate surface area is 177 Å². The molecule has 1 saturated heterocycles. The van der Waals surface area contributed by atoms with Crippen molar-refractivity contribution >= 4 is 49.0 Å². The average Bonchev–Trinajstić information content (AvgIpc) is 3.36. The molecule has 2 heterocycles. The summed E-state index contributed by atoms with van der Waals surface area (Å²) in [4.78, 5) is 17.7. The summed E-state index contributed by atoms with van der Waals surface area (Å²) in [6.07, 6.45) is 0.940. The van der Waals surface area contributed by atoms with E-state index in [0.717, 1.165) is 10.2 Å². The standard InChI is InChI=1S/C20H16ClN3O3S2/c21-13-7-9-14(10-8-13)29(26,27)24-11-3-5-17(24)19(25)15(12-22)20-23-16-4-1-2-6-18(16)28-20/h1-2,4,6-10,15,17H,3,5,11H2/t15-,17-/m0/s1. The van der Waals surface area contributed by atoms with Crippen molar-refractivity contribution < 1.29 is 13.2 Å². The molecule has 148 valence electrons. The van der Waals surface area contributed by atoms with E-state index in [1.165, 1.54) is 39.9 Å². The molecule has 0 unspecified atom stereocenters. The number of rotatable bonds is 5. The number of fused-ring (bicyclic) bond motifs is 1. The molecule has 0 spiro atoms. The monoisotopic (exact) mass is 445 g/mol. The Morgan fingerprint density at radius 1 is 1.24 bits per heavy atom. The molecule has 1 aromatic heterocycles. The third-order valence-electron chi connectivity index (χ3n) is 4.92. The van der Waals surface area contributed by atoms with Crippen molar-refractivity contribution in [3.63, 3.8) is 0 Å². The molecular formula is C20H16ClN3O3S2. The minimum atomic E-state index is -3.87. The first-order valence-electron chi connectivity index (χ1n) is 8.98. The predicted molar refractivity (Wildman–Crippen MR) is 111 cm³/mol. The largest absolute Gasteiger partial charge is 0.296 e. The lowest BCUT2D eigenvalue weighted by Crippen LogP contribution is -2.42. The highest BCUT2D eigenvalue weighted by atomic mass is 35.5. The zero-order valence-electron chi connectivity index (χ0n) is 15.2. The van der Waals surface area contributed by atoms with Gasteiger partial charge in [0.05, 0.1) is 27.2 Å². The van der Waals surface area contributed by atoms with Crippen LogP contribution in [0.3, 0.4) is 0 Å². The van der Waals surface area contributed by atoms with Gasteiger partial charge in [0.2, 0.25) is 10.0 Å². The van der Waals surface area contributed by atoms with Crippen LogP contribution in [0.2, 0.25) is 5.02 Å². The molecule has 0 radical (unpaired) electrons. The van der Waals surface area contributed by atoms with Crippen LogP contribution in [-0.4, -0.2) is 36.1 Å². The summed E-state index contributed by atoms with van der Waals surface area (Å²) < 4.78 is 28.3. The first kappa shape index (κ1) is 20.0. The lowest BCUT2D eigenvalue weighted by Gasteiger charge is -2.24. The quantitative estimate of drug-likeness (QED) is 0.592. The minimum absolute atomic E-state index is 0.0788. The second kappa shape index (κ2) is 7.84. The summed E-state index contributed by atoms with van der Waals surface area (Å²) in [7, 11) is -3.87. The van der Waals surface area contributed by atoms with E-state index in [2.05, 4.69) is 4.98 Å². The summed E-state index contributed by atoms with van der Waals surface area (Å²) in [6, 6.07) is 14.4. The van der Waals surface area contributed by atoms with E-state index in [1.807, 2.05) is 30.3 Å². The maximum absolute atomic E-state index is 13.2. The summed E-state index contributed by atoms with van der Waals surface area (Å²) >= 11 is 7.14. The van der Waals surface area contributed by atoms with Gasteiger partial charge in [-0.25, -0.2) is 13.4 Å². The number of carbonyl (C=O) groups excluding carboxylic acids is 1. The number of thiazole rings is 1. The molecule has 6 nitrogen and oxygen atoms in total. The highest BCUT2D eigenvalue weighted by Crippen LogP contribution is 2.33. The van der Waals surface area contributed by atoms with Crippen molar-refractivity contribution in [3.05, 3.63) is 58.6 Å². The second-order valence-electron chi connectivity index (χ2n) is 6.71. The summed E-state index contributed by atoms with van der Waals surface area (Å²) in [5, 5.41) is 10.5. The Bertz CT molecular complexity index is 1180. The van der Waals surface area contributed by atoms with Crippen molar-refractivity contribution in [1.82, 2.24) is 9.29 Å². The van der Waals surface area contributed by atoms with Gasteiger partial charge in [-0.2, -0.15) is 9.57 Å². The molecule has 29 heavy (non-hydrogen) atoms. The van der Waals surface area contributed by atoms with Crippen molar-refractivity contribution in [1.29, 1.82) is 5.26 Å². The fraction of sp³-hybridized carbons (Fsp3) is 0.250. The zero-order chi connectivity index (χ0) is 20.6. The molecule has 3 aromatic rings.